The molecule has 0 aliphatic carbocycles. The lowest BCUT2D eigenvalue weighted by Gasteiger charge is -2.27. The number of aryl methyl sites for hydroxylation is 1. The van der Waals surface area contributed by atoms with Gasteiger partial charge in [-0.25, -0.2) is 0 Å². The fourth-order valence-electron chi connectivity index (χ4n) is 5.31. The molecule has 0 spiro atoms. The fraction of sp³-hybridized carbons (Fsp3) is 0.290. The Morgan fingerprint density at radius 1 is 1.16 bits per heavy atom. The van der Waals surface area contributed by atoms with Crippen molar-refractivity contribution in [3.8, 4) is 11.4 Å². The van der Waals surface area contributed by atoms with Crippen molar-refractivity contribution in [1.82, 2.24) is 19.6 Å². The predicted octanol–water partition coefficient (Wildman–Crippen LogP) is 2.90. The fourth-order valence-corrected chi connectivity index (χ4v) is 5.31. The van der Waals surface area contributed by atoms with Crippen molar-refractivity contribution in [1.29, 1.82) is 0 Å². The second kappa shape index (κ2) is 12.6. The number of anilines is 1. The Hall–Kier alpha value is -5.14. The Balaban J connectivity index is 1.38. The van der Waals surface area contributed by atoms with Crippen LogP contribution in [0, 0.1) is 16.0 Å². The summed E-state index contributed by atoms with van der Waals surface area (Å²) < 4.78 is 8.22. The molecule has 228 valence electrons. The van der Waals surface area contributed by atoms with E-state index in [1.807, 2.05) is 6.08 Å². The molecule has 3 heterocycles. The molecule has 0 saturated carbocycles. The highest BCUT2D eigenvalue weighted by Gasteiger charge is 2.53. The van der Waals surface area contributed by atoms with Gasteiger partial charge in [-0.3, -0.25) is 29.0 Å². The third-order valence-corrected chi connectivity index (χ3v) is 7.71. The van der Waals surface area contributed by atoms with Crippen LogP contribution < -0.4 is 15.2 Å². The summed E-state index contributed by atoms with van der Waals surface area (Å²) in [7, 11) is 1.43. The third kappa shape index (κ3) is 5.74. The van der Waals surface area contributed by atoms with E-state index < -0.39 is 22.3 Å². The van der Waals surface area contributed by atoms with Gasteiger partial charge in [-0.15, -0.1) is 5.10 Å². The van der Waals surface area contributed by atoms with E-state index in [2.05, 4.69) is 10.3 Å². The number of aliphatic hydroxyl groups is 2. The number of nitro groups is 1. The van der Waals surface area contributed by atoms with Crippen LogP contribution in [0.25, 0.3) is 5.69 Å². The van der Waals surface area contributed by atoms with Gasteiger partial charge in [0.2, 0.25) is 0 Å². The van der Waals surface area contributed by atoms with Crippen LogP contribution in [0.15, 0.2) is 83.9 Å². The van der Waals surface area contributed by atoms with Crippen molar-refractivity contribution in [3.63, 3.8) is 0 Å². The number of amides is 1. The number of fused-ring (bicyclic) bond motifs is 1. The van der Waals surface area contributed by atoms with Gasteiger partial charge in [0.05, 0.1) is 30.0 Å². The Labute approximate surface area is 252 Å². The van der Waals surface area contributed by atoms with Crippen LogP contribution in [-0.2, 0) is 29.9 Å². The first-order chi connectivity index (χ1) is 21.2. The molecule has 2 aromatic heterocycles. The largest absolute Gasteiger partial charge is 0.491 e. The minimum absolute atomic E-state index is 0.0185. The molecular weight excluding hydrogens is 568 g/mol. The number of rotatable bonds is 12. The van der Waals surface area contributed by atoms with E-state index >= 15 is 0 Å². The zero-order valence-electron chi connectivity index (χ0n) is 24.2. The number of nitro benzene ring substituents is 1. The summed E-state index contributed by atoms with van der Waals surface area (Å²) in [5.74, 6) is -1.11. The number of hydrogen-bond donors (Lipinski definition) is 2. The van der Waals surface area contributed by atoms with Crippen LogP contribution in [0.4, 0.5) is 11.4 Å². The molecule has 1 aliphatic heterocycles. The van der Waals surface area contributed by atoms with Crippen LogP contribution >= 0.6 is 0 Å². The Morgan fingerprint density at radius 2 is 1.93 bits per heavy atom. The van der Waals surface area contributed by atoms with E-state index in [0.717, 1.165) is 5.56 Å². The number of aromatic nitrogens is 4. The number of carbonyl (C=O) groups excluding carboxylic acids is 1. The molecule has 4 aromatic rings. The predicted molar refractivity (Wildman–Crippen MR) is 161 cm³/mol. The van der Waals surface area contributed by atoms with Gasteiger partial charge in [-0.05, 0) is 42.3 Å². The lowest BCUT2D eigenvalue weighted by molar-refractivity contribution is -0.385. The van der Waals surface area contributed by atoms with Gasteiger partial charge in [-0.2, -0.15) is 0 Å². The molecule has 13 nitrogen and oxygen atoms in total. The van der Waals surface area contributed by atoms with Gasteiger partial charge in [-0.1, -0.05) is 36.4 Å². The highest BCUT2D eigenvalue weighted by Crippen LogP contribution is 2.47. The molecule has 2 N–H and O–H groups in total. The van der Waals surface area contributed by atoms with Crippen molar-refractivity contribution < 1.29 is 24.7 Å². The summed E-state index contributed by atoms with van der Waals surface area (Å²) in [5, 5.41) is 40.6. The number of methoxy groups -OCH3 is 1. The monoisotopic (exact) mass is 600 g/mol. The number of non-ortho nitro benzene ring substituents is 1. The molecule has 0 bridgehead atoms. The molecule has 0 fully saturated rings. The SMILES string of the molecule is COc1cccn(-c2ccc(CN3C(=O)[C@](O)([C@H](C)/C=C/CCn4cc(CCO)nn4)c4cc([N+](=O)[O-])ccc43)cc2)c1=O. The molecule has 2 aromatic carbocycles. The molecule has 5 rings (SSSR count). The average Bonchev–Trinajstić information content (AvgIpc) is 3.56. The average molecular weight is 601 g/mol. The van der Waals surface area contributed by atoms with E-state index in [1.54, 1.807) is 66.5 Å². The highest BCUT2D eigenvalue weighted by atomic mass is 16.6. The number of carbonyl (C=O) groups is 1. The number of pyridine rings is 1. The second-order valence-corrected chi connectivity index (χ2v) is 10.5. The number of ether oxygens (including phenoxy) is 1. The zero-order valence-corrected chi connectivity index (χ0v) is 24.2. The van der Waals surface area contributed by atoms with Crippen molar-refractivity contribution in [2.24, 2.45) is 5.92 Å². The quantitative estimate of drug-likeness (QED) is 0.141. The molecule has 0 unspecified atom stereocenters. The number of nitrogens with zero attached hydrogens (tertiary/aromatic N) is 6. The van der Waals surface area contributed by atoms with Crippen LogP contribution in [0.1, 0.15) is 30.2 Å². The summed E-state index contributed by atoms with van der Waals surface area (Å²) in [6.45, 7) is 2.27. The number of allylic oxidation sites excluding steroid dienone is 1. The van der Waals surface area contributed by atoms with Gasteiger partial charge in [0.15, 0.2) is 11.4 Å². The molecule has 2 atom stereocenters. The maximum Gasteiger partial charge on any atom is 0.297 e. The standard InChI is InChI=1S/C31H32N6O7/c1-21(6-3-4-15-34-20-23(14-17-38)32-33-34)31(41)26-18-25(37(42)43)12-13-27(26)36(30(31)40)19-22-8-10-24(11-9-22)35-16-5-7-28(44-2)29(35)39/h3,5-13,16,18,20-21,38,41H,4,14-15,17,19H2,1-2H3/b6-3+/t21-,31+/m1/s1. The minimum Gasteiger partial charge on any atom is -0.491 e. The molecule has 13 heteroatoms. The van der Waals surface area contributed by atoms with E-state index in [4.69, 9.17) is 9.84 Å². The molecule has 0 radical (unpaired) electrons. The third-order valence-electron chi connectivity index (χ3n) is 7.71. The van der Waals surface area contributed by atoms with Crippen LogP contribution in [-0.4, -0.2) is 54.3 Å². The van der Waals surface area contributed by atoms with Gasteiger partial charge in [0, 0.05) is 61.3 Å². The second-order valence-electron chi connectivity index (χ2n) is 10.5. The van der Waals surface area contributed by atoms with Gasteiger partial charge in [0.25, 0.3) is 17.2 Å². The summed E-state index contributed by atoms with van der Waals surface area (Å²) in [6.07, 6.45) is 7.86. The van der Waals surface area contributed by atoms with Crippen molar-refractivity contribution in [2.45, 2.75) is 38.5 Å². The van der Waals surface area contributed by atoms with Crippen molar-refractivity contribution in [2.75, 3.05) is 18.6 Å². The molecular formula is C31H32N6O7. The topological polar surface area (TPSA) is 166 Å². The lowest BCUT2D eigenvalue weighted by atomic mass is 9.82. The molecule has 1 aliphatic rings. The first-order valence-electron chi connectivity index (χ1n) is 14.0. The Kier molecular flexibility index (Phi) is 8.69. The number of benzene rings is 2. The van der Waals surface area contributed by atoms with Crippen LogP contribution in [0.2, 0.25) is 0 Å². The number of aliphatic hydroxyl groups excluding tert-OH is 1. The minimum atomic E-state index is -2.03. The van der Waals surface area contributed by atoms with Gasteiger partial charge in [0.1, 0.15) is 0 Å². The van der Waals surface area contributed by atoms with Crippen LogP contribution in [0.3, 0.4) is 0 Å². The van der Waals surface area contributed by atoms with E-state index in [1.165, 1.54) is 34.8 Å². The number of hydrogen-bond acceptors (Lipinski definition) is 9. The van der Waals surface area contributed by atoms with Crippen molar-refractivity contribution >= 4 is 17.3 Å². The van der Waals surface area contributed by atoms with Gasteiger partial charge < -0.3 is 19.8 Å². The van der Waals surface area contributed by atoms with E-state index in [-0.39, 0.29) is 35.7 Å². The maximum atomic E-state index is 13.9. The zero-order chi connectivity index (χ0) is 31.4. The highest BCUT2D eigenvalue weighted by molar-refractivity contribution is 6.07. The molecule has 0 saturated heterocycles. The normalized spacial score (nSPS) is 16.8. The first-order valence-corrected chi connectivity index (χ1v) is 14.0. The van der Waals surface area contributed by atoms with Crippen molar-refractivity contribution in [3.05, 3.63) is 116 Å². The maximum absolute atomic E-state index is 13.9. The van der Waals surface area contributed by atoms with Gasteiger partial charge >= 0.3 is 0 Å². The lowest BCUT2D eigenvalue weighted by Crippen LogP contribution is -2.44. The molecule has 44 heavy (non-hydrogen) atoms. The summed E-state index contributed by atoms with van der Waals surface area (Å²) in [6, 6.07) is 14.4. The first kappa shape index (κ1) is 30.3. The van der Waals surface area contributed by atoms with E-state index in [9.17, 15) is 24.8 Å². The Morgan fingerprint density at radius 3 is 2.64 bits per heavy atom. The summed E-state index contributed by atoms with van der Waals surface area (Å²) in [5.41, 5.74) is -0.0198. The Bertz CT molecular complexity index is 1760. The molecule has 1 amide bonds. The smallest absolute Gasteiger partial charge is 0.297 e. The van der Waals surface area contributed by atoms with E-state index in [0.29, 0.717) is 36.5 Å². The van der Waals surface area contributed by atoms with Crippen LogP contribution in [0.5, 0.6) is 5.75 Å². The summed E-state index contributed by atoms with van der Waals surface area (Å²) >= 11 is 0. The summed E-state index contributed by atoms with van der Waals surface area (Å²) in [4.78, 5) is 39.0.